The molecule has 9 nitrogen and oxygen atoms in total. The van der Waals surface area contributed by atoms with Crippen LogP contribution in [0.4, 0.5) is 11.5 Å². The van der Waals surface area contributed by atoms with Gasteiger partial charge >= 0.3 is 0 Å². The summed E-state index contributed by atoms with van der Waals surface area (Å²) in [4.78, 5) is 20.9. The molecule has 9 heteroatoms. The number of hydrogen-bond donors (Lipinski definition) is 1. The summed E-state index contributed by atoms with van der Waals surface area (Å²) in [6.07, 6.45) is 12.1. The van der Waals surface area contributed by atoms with Crippen molar-refractivity contribution in [2.24, 2.45) is 0 Å². The van der Waals surface area contributed by atoms with Crippen LogP contribution < -0.4 is 15.0 Å². The fraction of sp³-hybridized carbons (Fsp3) is 0.414. The summed E-state index contributed by atoms with van der Waals surface area (Å²) in [5, 5.41) is 3.49. The molecule has 0 aliphatic carbocycles. The fourth-order valence-corrected chi connectivity index (χ4v) is 5.16. The van der Waals surface area contributed by atoms with Crippen molar-refractivity contribution in [2.75, 3.05) is 69.7 Å². The van der Waals surface area contributed by atoms with E-state index in [9.17, 15) is 0 Å². The van der Waals surface area contributed by atoms with Gasteiger partial charge in [-0.3, -0.25) is 14.3 Å². The largest absolute Gasteiger partial charge is 0.492 e. The van der Waals surface area contributed by atoms with Crippen molar-refractivity contribution in [1.82, 2.24) is 29.2 Å². The Bertz CT molecular complexity index is 1340. The molecule has 0 spiro atoms. The maximum Gasteiger partial charge on any atom is 0.140 e. The molecule has 0 bridgehead atoms. The van der Waals surface area contributed by atoms with Crippen LogP contribution in [0, 0.1) is 0 Å². The first-order chi connectivity index (χ1) is 18.7. The number of imidazole rings is 1. The van der Waals surface area contributed by atoms with Crippen molar-refractivity contribution in [3.63, 3.8) is 0 Å². The first kappa shape index (κ1) is 24.6. The average Bonchev–Trinajstić information content (AvgIpc) is 3.64. The van der Waals surface area contributed by atoms with Crippen LogP contribution in [-0.2, 0) is 6.54 Å². The zero-order valence-corrected chi connectivity index (χ0v) is 22.1. The summed E-state index contributed by atoms with van der Waals surface area (Å²) in [6.45, 7) is 8.99. The van der Waals surface area contributed by atoms with E-state index in [4.69, 9.17) is 4.74 Å². The van der Waals surface area contributed by atoms with E-state index in [1.54, 1.807) is 0 Å². The summed E-state index contributed by atoms with van der Waals surface area (Å²) >= 11 is 0. The van der Waals surface area contributed by atoms with Crippen LogP contribution in [-0.4, -0.2) is 88.6 Å². The Morgan fingerprint density at radius 1 is 0.895 bits per heavy atom. The third kappa shape index (κ3) is 5.74. The third-order valence-electron chi connectivity index (χ3n) is 7.53. The minimum Gasteiger partial charge on any atom is -0.492 e. The summed E-state index contributed by atoms with van der Waals surface area (Å²) in [7, 11) is 2.18. The number of likely N-dealkylation sites (N-methyl/N-ethyl adjacent to an activating group) is 1. The van der Waals surface area contributed by atoms with E-state index < -0.39 is 0 Å². The van der Waals surface area contributed by atoms with E-state index in [-0.39, 0.29) is 0 Å². The van der Waals surface area contributed by atoms with Gasteiger partial charge in [-0.05, 0) is 43.7 Å². The second-order valence-corrected chi connectivity index (χ2v) is 10.3. The van der Waals surface area contributed by atoms with Gasteiger partial charge in [-0.1, -0.05) is 6.07 Å². The van der Waals surface area contributed by atoms with Gasteiger partial charge in [0, 0.05) is 88.8 Å². The number of hydrogen-bond acceptors (Lipinski definition) is 8. The van der Waals surface area contributed by atoms with E-state index in [2.05, 4.69) is 64.6 Å². The highest BCUT2D eigenvalue weighted by Crippen LogP contribution is 2.25. The van der Waals surface area contributed by atoms with Crippen LogP contribution in [0.3, 0.4) is 0 Å². The molecule has 0 saturated carbocycles. The van der Waals surface area contributed by atoms with Crippen LogP contribution >= 0.6 is 0 Å². The minimum atomic E-state index is 0.682. The van der Waals surface area contributed by atoms with Crippen LogP contribution in [0.1, 0.15) is 18.4 Å². The van der Waals surface area contributed by atoms with Crippen molar-refractivity contribution in [1.29, 1.82) is 0 Å². The Morgan fingerprint density at radius 2 is 1.76 bits per heavy atom. The maximum atomic E-state index is 6.05. The number of piperazine rings is 1. The number of aromatic nitrogens is 4. The van der Waals surface area contributed by atoms with Gasteiger partial charge in [0.15, 0.2) is 0 Å². The molecule has 2 aliphatic heterocycles. The summed E-state index contributed by atoms with van der Waals surface area (Å²) in [6, 6.07) is 10.4. The summed E-state index contributed by atoms with van der Waals surface area (Å²) in [5.74, 6) is 1.92. The van der Waals surface area contributed by atoms with Crippen molar-refractivity contribution < 1.29 is 4.74 Å². The van der Waals surface area contributed by atoms with E-state index in [1.165, 1.54) is 12.8 Å². The molecule has 0 unspecified atom stereocenters. The zero-order valence-electron chi connectivity index (χ0n) is 22.1. The summed E-state index contributed by atoms with van der Waals surface area (Å²) < 4.78 is 8.13. The van der Waals surface area contributed by atoms with Gasteiger partial charge < -0.3 is 19.9 Å². The Labute approximate surface area is 224 Å². The topological polar surface area (TPSA) is 74.1 Å². The molecule has 0 radical (unpaired) electrons. The maximum absolute atomic E-state index is 6.05. The quantitative estimate of drug-likeness (QED) is 0.365. The number of pyridine rings is 3. The lowest BCUT2D eigenvalue weighted by atomic mass is 10.2. The lowest BCUT2D eigenvalue weighted by Crippen LogP contribution is -2.45. The molecule has 38 heavy (non-hydrogen) atoms. The molecule has 0 atom stereocenters. The van der Waals surface area contributed by atoms with Crippen LogP contribution in [0.15, 0.2) is 61.3 Å². The highest BCUT2D eigenvalue weighted by atomic mass is 16.5. The first-order valence-electron chi connectivity index (χ1n) is 13.6. The lowest BCUT2D eigenvalue weighted by Gasteiger charge is -2.32. The van der Waals surface area contributed by atoms with E-state index in [0.29, 0.717) is 13.2 Å². The molecule has 2 saturated heterocycles. The third-order valence-corrected chi connectivity index (χ3v) is 7.53. The number of nitrogens with one attached hydrogen (secondary N) is 1. The van der Waals surface area contributed by atoms with Gasteiger partial charge in [0.25, 0.3) is 0 Å². The zero-order chi connectivity index (χ0) is 25.7. The molecule has 2 fully saturated rings. The van der Waals surface area contributed by atoms with Gasteiger partial charge in [-0.15, -0.1) is 0 Å². The van der Waals surface area contributed by atoms with Crippen molar-refractivity contribution in [3.8, 4) is 17.0 Å². The standard InChI is InChI=1S/C29H36N8O/c1-34-10-12-35(13-11-34)14-15-38-26-6-9-37-27(22-33-29(37)17-26)24-16-25(21-30-20-24)31-18-23-4-5-28(32-19-23)36-7-2-3-8-36/h4-6,9,16-17,19-22,31H,2-3,7-8,10-15,18H2,1H3. The molecule has 198 valence electrons. The minimum absolute atomic E-state index is 0.682. The first-order valence-corrected chi connectivity index (χ1v) is 13.6. The van der Waals surface area contributed by atoms with Gasteiger partial charge in [0.1, 0.15) is 23.8 Å². The monoisotopic (exact) mass is 512 g/mol. The van der Waals surface area contributed by atoms with Crippen molar-refractivity contribution >= 4 is 17.2 Å². The Balaban J connectivity index is 1.07. The predicted octanol–water partition coefficient (Wildman–Crippen LogP) is 3.63. The Morgan fingerprint density at radius 3 is 2.58 bits per heavy atom. The fourth-order valence-electron chi connectivity index (χ4n) is 5.16. The predicted molar refractivity (Wildman–Crippen MR) is 151 cm³/mol. The number of fused-ring (bicyclic) bond motifs is 1. The van der Waals surface area contributed by atoms with E-state index in [0.717, 1.165) is 85.5 Å². The van der Waals surface area contributed by atoms with E-state index >= 15 is 0 Å². The smallest absolute Gasteiger partial charge is 0.140 e. The molecule has 1 N–H and O–H groups in total. The second kappa shape index (κ2) is 11.4. The number of rotatable bonds is 9. The molecule has 4 aromatic rings. The van der Waals surface area contributed by atoms with Gasteiger partial charge in [0.2, 0.25) is 0 Å². The van der Waals surface area contributed by atoms with Gasteiger partial charge in [-0.25, -0.2) is 9.97 Å². The molecule has 2 aliphatic rings. The molecule has 4 aromatic heterocycles. The average molecular weight is 513 g/mol. The number of nitrogens with zero attached hydrogens (tertiary/aromatic N) is 7. The number of anilines is 2. The normalized spacial score (nSPS) is 16.8. The molecule has 0 amide bonds. The molecular formula is C29H36N8O. The second-order valence-electron chi connectivity index (χ2n) is 10.3. The number of ether oxygens (including phenoxy) is 1. The Kier molecular flexibility index (Phi) is 7.37. The summed E-state index contributed by atoms with van der Waals surface area (Å²) in [5.41, 5.74) is 4.98. The van der Waals surface area contributed by atoms with Crippen molar-refractivity contribution in [2.45, 2.75) is 19.4 Å². The van der Waals surface area contributed by atoms with Gasteiger partial charge in [-0.2, -0.15) is 0 Å². The molecule has 6 rings (SSSR count). The SMILES string of the molecule is CN1CCN(CCOc2ccn3c(-c4cncc(NCc5ccc(N6CCCC6)nc5)c4)cnc3c2)CC1. The highest BCUT2D eigenvalue weighted by molar-refractivity contribution is 5.67. The molecular weight excluding hydrogens is 476 g/mol. The molecule has 6 heterocycles. The lowest BCUT2D eigenvalue weighted by molar-refractivity contribution is 0.134. The van der Waals surface area contributed by atoms with E-state index in [1.807, 2.05) is 43.1 Å². The van der Waals surface area contributed by atoms with Crippen LogP contribution in [0.25, 0.3) is 16.9 Å². The Hall–Kier alpha value is -3.69. The van der Waals surface area contributed by atoms with Crippen molar-refractivity contribution in [3.05, 3.63) is 66.9 Å². The van der Waals surface area contributed by atoms with Gasteiger partial charge in [0.05, 0.1) is 17.6 Å². The van der Waals surface area contributed by atoms with Crippen LogP contribution in [0.2, 0.25) is 0 Å². The molecule has 0 aromatic carbocycles. The van der Waals surface area contributed by atoms with Crippen LogP contribution in [0.5, 0.6) is 5.75 Å². The highest BCUT2D eigenvalue weighted by Gasteiger charge is 2.15.